The number of hydrogen-bond acceptors (Lipinski definition) is 4. The van der Waals surface area contributed by atoms with Gasteiger partial charge in [0.05, 0.1) is 16.7 Å². The van der Waals surface area contributed by atoms with Gasteiger partial charge in [0.2, 0.25) is 11.7 Å². The van der Waals surface area contributed by atoms with Gasteiger partial charge in [-0.25, -0.2) is 4.39 Å². The van der Waals surface area contributed by atoms with Gasteiger partial charge in [0, 0.05) is 11.6 Å². The summed E-state index contributed by atoms with van der Waals surface area (Å²) in [5, 5.41) is 20.7. The zero-order valence-electron chi connectivity index (χ0n) is 9.16. The van der Waals surface area contributed by atoms with Crippen LogP contribution in [0.4, 0.5) is 20.2 Å². The largest absolute Gasteiger partial charge is 0.322 e. The number of nitrogens with one attached hydrogen (secondary N) is 1. The second-order valence-electron chi connectivity index (χ2n) is 3.34. The quantitative estimate of drug-likeness (QED) is 0.660. The number of hydrogen-bond donors (Lipinski definition) is 1. The highest BCUT2D eigenvalue weighted by Gasteiger charge is 2.23. The average molecular weight is 255 g/mol. The molecule has 0 aliphatic heterocycles. The van der Waals surface area contributed by atoms with Gasteiger partial charge in [-0.2, -0.15) is 9.65 Å². The zero-order chi connectivity index (χ0) is 13.9. The highest BCUT2D eigenvalue weighted by molar-refractivity contribution is 5.92. The lowest BCUT2D eigenvalue weighted by molar-refractivity contribution is -0.387. The molecule has 94 valence electrons. The molecule has 1 aromatic rings. The van der Waals surface area contributed by atoms with E-state index < -0.39 is 45.8 Å². The highest BCUT2D eigenvalue weighted by atomic mass is 19.1. The first-order valence-electron chi connectivity index (χ1n) is 4.68. The molecule has 0 spiro atoms. The Kier molecular flexibility index (Phi) is 3.89. The molecular formula is C10H7F2N3O3. The molecular weight excluding hydrogens is 248 g/mol. The molecule has 0 saturated carbocycles. The molecule has 1 N–H and O–H groups in total. The van der Waals surface area contributed by atoms with Crippen LogP contribution in [0.1, 0.15) is 12.0 Å². The van der Waals surface area contributed by atoms with Crippen molar-refractivity contribution >= 4 is 17.3 Å². The molecule has 0 aliphatic rings. The number of carbonyl (C=O) groups is 1. The fourth-order valence-electron chi connectivity index (χ4n) is 1.24. The fraction of sp³-hybridized carbons (Fsp3) is 0.200. The van der Waals surface area contributed by atoms with Crippen LogP contribution in [0.2, 0.25) is 0 Å². The summed E-state index contributed by atoms with van der Waals surface area (Å²) < 4.78 is 26.9. The molecule has 18 heavy (non-hydrogen) atoms. The fourth-order valence-corrected chi connectivity index (χ4v) is 1.24. The van der Waals surface area contributed by atoms with Gasteiger partial charge >= 0.3 is 5.69 Å². The number of nitro groups is 1. The summed E-state index contributed by atoms with van der Waals surface area (Å²) in [6, 6.07) is 2.10. The van der Waals surface area contributed by atoms with Crippen molar-refractivity contribution in [3.05, 3.63) is 33.4 Å². The number of amides is 1. The lowest BCUT2D eigenvalue weighted by Gasteiger charge is -2.07. The highest BCUT2D eigenvalue weighted by Crippen LogP contribution is 2.29. The van der Waals surface area contributed by atoms with Crippen LogP contribution < -0.4 is 5.32 Å². The molecule has 1 amide bonds. The minimum absolute atomic E-state index is 0.527. The van der Waals surface area contributed by atoms with E-state index in [4.69, 9.17) is 5.26 Å². The van der Waals surface area contributed by atoms with Gasteiger partial charge in [-0.05, 0) is 6.92 Å². The molecule has 8 heteroatoms. The smallest absolute Gasteiger partial charge is 0.307 e. The maximum absolute atomic E-state index is 13.5. The van der Waals surface area contributed by atoms with Crippen molar-refractivity contribution in [1.29, 1.82) is 5.26 Å². The van der Waals surface area contributed by atoms with Crippen LogP contribution in [0.15, 0.2) is 6.07 Å². The van der Waals surface area contributed by atoms with Crippen molar-refractivity contribution in [1.82, 2.24) is 0 Å². The molecule has 0 radical (unpaired) electrons. The predicted octanol–water partition coefficient (Wildman–Crippen LogP) is 2.03. The first kappa shape index (κ1) is 13.5. The maximum Gasteiger partial charge on any atom is 0.307 e. The first-order chi connectivity index (χ1) is 8.38. The number of nitriles is 1. The van der Waals surface area contributed by atoms with Crippen LogP contribution in [0, 0.1) is 40.0 Å². The monoisotopic (exact) mass is 255 g/mol. The Morgan fingerprint density at radius 2 is 2.17 bits per heavy atom. The molecule has 1 aromatic carbocycles. The minimum atomic E-state index is -1.30. The third-order valence-electron chi connectivity index (χ3n) is 2.11. The Morgan fingerprint density at radius 1 is 1.56 bits per heavy atom. The van der Waals surface area contributed by atoms with E-state index in [-0.39, 0.29) is 0 Å². The van der Waals surface area contributed by atoms with E-state index in [0.717, 1.165) is 6.92 Å². The van der Waals surface area contributed by atoms with Crippen LogP contribution in [0.3, 0.4) is 0 Å². The molecule has 0 atom stereocenters. The lowest BCUT2D eigenvalue weighted by Crippen LogP contribution is -2.13. The van der Waals surface area contributed by atoms with E-state index in [9.17, 15) is 23.7 Å². The van der Waals surface area contributed by atoms with Gasteiger partial charge < -0.3 is 5.32 Å². The van der Waals surface area contributed by atoms with Crippen molar-refractivity contribution in [2.24, 2.45) is 0 Å². The van der Waals surface area contributed by atoms with Crippen LogP contribution in [0.25, 0.3) is 0 Å². The summed E-state index contributed by atoms with van der Waals surface area (Å²) in [5.74, 6) is -3.24. The van der Waals surface area contributed by atoms with Crippen LogP contribution >= 0.6 is 0 Å². The number of halogens is 2. The van der Waals surface area contributed by atoms with Crippen LogP contribution in [-0.2, 0) is 4.79 Å². The standard InChI is InChI=1S/C10H7F2N3O3/c1-5-9(11)6(14-8(16)2-3-13)4-7(10(5)12)15(17)18/h4H,2H2,1H3,(H,14,16). The topological polar surface area (TPSA) is 96.0 Å². The number of rotatable bonds is 3. The van der Waals surface area contributed by atoms with E-state index in [1.807, 2.05) is 5.32 Å². The summed E-state index contributed by atoms with van der Waals surface area (Å²) in [5.41, 5.74) is -2.04. The average Bonchev–Trinajstić information content (AvgIpc) is 2.30. The number of nitrogens with zero attached hydrogens (tertiary/aromatic N) is 2. The Bertz CT molecular complexity index is 566. The summed E-state index contributed by atoms with van der Waals surface area (Å²) in [6.07, 6.45) is -0.538. The van der Waals surface area contributed by atoms with Crippen LogP contribution in [0.5, 0.6) is 0 Å². The molecule has 0 fully saturated rings. The van der Waals surface area contributed by atoms with E-state index in [1.165, 1.54) is 6.07 Å². The summed E-state index contributed by atoms with van der Waals surface area (Å²) in [6.45, 7) is 1.01. The SMILES string of the molecule is Cc1c(F)c(NC(=O)CC#N)cc([N+](=O)[O-])c1F. The van der Waals surface area contributed by atoms with Crippen molar-refractivity contribution < 1.29 is 18.5 Å². The first-order valence-corrected chi connectivity index (χ1v) is 4.68. The van der Waals surface area contributed by atoms with Crippen molar-refractivity contribution in [2.75, 3.05) is 5.32 Å². The summed E-state index contributed by atoms with van der Waals surface area (Å²) in [7, 11) is 0. The third-order valence-corrected chi connectivity index (χ3v) is 2.11. The normalized spacial score (nSPS) is 9.67. The molecule has 0 bridgehead atoms. The molecule has 0 aromatic heterocycles. The van der Waals surface area contributed by atoms with Gasteiger partial charge in [0.1, 0.15) is 6.42 Å². The molecule has 0 heterocycles. The summed E-state index contributed by atoms with van der Waals surface area (Å²) in [4.78, 5) is 20.6. The Labute approximate surface area is 100.0 Å². The van der Waals surface area contributed by atoms with Crippen molar-refractivity contribution in [3.63, 3.8) is 0 Å². The van der Waals surface area contributed by atoms with Gasteiger partial charge in [-0.1, -0.05) is 0 Å². The van der Waals surface area contributed by atoms with E-state index in [2.05, 4.69) is 0 Å². The van der Waals surface area contributed by atoms with Gasteiger partial charge in [-0.3, -0.25) is 14.9 Å². The van der Waals surface area contributed by atoms with Gasteiger partial charge in [0.15, 0.2) is 5.82 Å². The number of anilines is 1. The second kappa shape index (κ2) is 5.18. The summed E-state index contributed by atoms with van der Waals surface area (Å²) >= 11 is 0. The van der Waals surface area contributed by atoms with E-state index >= 15 is 0 Å². The molecule has 0 unspecified atom stereocenters. The maximum atomic E-state index is 13.5. The number of benzene rings is 1. The molecule has 0 saturated heterocycles. The second-order valence-corrected chi connectivity index (χ2v) is 3.34. The Morgan fingerprint density at radius 3 is 2.67 bits per heavy atom. The number of nitro benzene ring substituents is 1. The van der Waals surface area contributed by atoms with E-state index in [0.29, 0.717) is 6.07 Å². The van der Waals surface area contributed by atoms with Gasteiger partial charge in [-0.15, -0.1) is 0 Å². The third kappa shape index (κ3) is 2.57. The Balaban J connectivity index is 3.25. The zero-order valence-corrected chi connectivity index (χ0v) is 9.16. The molecule has 0 aliphatic carbocycles. The molecule has 1 rings (SSSR count). The van der Waals surface area contributed by atoms with Crippen molar-refractivity contribution in [2.45, 2.75) is 13.3 Å². The predicted molar refractivity (Wildman–Crippen MR) is 56.6 cm³/mol. The van der Waals surface area contributed by atoms with Gasteiger partial charge in [0.25, 0.3) is 0 Å². The minimum Gasteiger partial charge on any atom is -0.322 e. The number of carbonyl (C=O) groups excluding carboxylic acids is 1. The molecule has 6 nitrogen and oxygen atoms in total. The van der Waals surface area contributed by atoms with E-state index in [1.54, 1.807) is 0 Å². The van der Waals surface area contributed by atoms with Crippen molar-refractivity contribution in [3.8, 4) is 6.07 Å². The lowest BCUT2D eigenvalue weighted by atomic mass is 10.1. The van der Waals surface area contributed by atoms with Crippen LogP contribution in [-0.4, -0.2) is 10.8 Å². The Hall–Kier alpha value is -2.56.